The molecule has 1 amide bonds. The summed E-state index contributed by atoms with van der Waals surface area (Å²) >= 11 is 1.59. The van der Waals surface area contributed by atoms with Crippen LogP contribution in [0.3, 0.4) is 0 Å². The van der Waals surface area contributed by atoms with Gasteiger partial charge in [0.25, 0.3) is 0 Å². The number of hydrogen-bond donors (Lipinski definition) is 1. The van der Waals surface area contributed by atoms with Crippen LogP contribution in [0.1, 0.15) is 12.8 Å². The van der Waals surface area contributed by atoms with E-state index in [2.05, 4.69) is 5.32 Å². The third-order valence-corrected chi connectivity index (χ3v) is 7.69. The molecule has 1 N–H and O–H groups in total. The second-order valence-corrected chi connectivity index (χ2v) is 9.73. The number of anilines is 1. The predicted molar refractivity (Wildman–Crippen MR) is 118 cm³/mol. The standard InChI is InChI=1S/C21H26N2O5S2/c1-27-17-9-10-19(28-2)20(13-17)30(25,26)23-11-5-6-15(14-23)21(24)22-16-7-4-8-18(12-16)29-3/h4,7-10,12-13,15H,5-6,11,14H2,1-3H3,(H,22,24)/t15-/m1/s1. The van der Waals surface area contributed by atoms with E-state index in [4.69, 9.17) is 9.47 Å². The summed E-state index contributed by atoms with van der Waals surface area (Å²) in [7, 11) is -0.938. The van der Waals surface area contributed by atoms with Crippen molar-refractivity contribution in [2.45, 2.75) is 22.6 Å². The molecule has 3 rings (SSSR count). The predicted octanol–water partition coefficient (Wildman–Crippen LogP) is 3.47. The van der Waals surface area contributed by atoms with Crippen LogP contribution in [0.15, 0.2) is 52.3 Å². The van der Waals surface area contributed by atoms with Crippen LogP contribution in [0.5, 0.6) is 11.5 Å². The highest BCUT2D eigenvalue weighted by Gasteiger charge is 2.35. The van der Waals surface area contributed by atoms with Crippen molar-refractivity contribution in [2.24, 2.45) is 5.92 Å². The minimum absolute atomic E-state index is 0.0399. The zero-order valence-corrected chi connectivity index (χ0v) is 18.9. The normalized spacial score (nSPS) is 17.4. The molecule has 1 atom stereocenters. The summed E-state index contributed by atoms with van der Waals surface area (Å²) in [6, 6.07) is 12.2. The lowest BCUT2D eigenvalue weighted by atomic mass is 9.99. The third kappa shape index (κ3) is 4.91. The summed E-state index contributed by atoms with van der Waals surface area (Å²) < 4.78 is 38.4. The molecule has 0 saturated carbocycles. The molecule has 1 saturated heterocycles. The van der Waals surface area contributed by atoms with Crippen molar-refractivity contribution in [3.05, 3.63) is 42.5 Å². The Hall–Kier alpha value is -2.23. The lowest BCUT2D eigenvalue weighted by Crippen LogP contribution is -2.43. The van der Waals surface area contributed by atoms with Crippen molar-refractivity contribution < 1.29 is 22.7 Å². The van der Waals surface area contributed by atoms with Gasteiger partial charge in [-0.05, 0) is 49.4 Å². The van der Waals surface area contributed by atoms with Crippen LogP contribution in [0.25, 0.3) is 0 Å². The SMILES string of the molecule is COc1ccc(OC)c(S(=O)(=O)N2CCC[C@@H](C(=O)Nc3cccc(SC)c3)C2)c1. The van der Waals surface area contributed by atoms with E-state index in [1.807, 2.05) is 30.5 Å². The largest absolute Gasteiger partial charge is 0.497 e. The van der Waals surface area contributed by atoms with Crippen LogP contribution >= 0.6 is 11.8 Å². The van der Waals surface area contributed by atoms with Crippen LogP contribution in [0.2, 0.25) is 0 Å². The number of nitrogens with one attached hydrogen (secondary N) is 1. The fourth-order valence-corrected chi connectivity index (χ4v) is 5.60. The average molecular weight is 451 g/mol. The monoisotopic (exact) mass is 450 g/mol. The molecular weight excluding hydrogens is 424 g/mol. The first kappa shape index (κ1) is 22.5. The van der Waals surface area contributed by atoms with E-state index in [1.54, 1.807) is 23.9 Å². The molecule has 30 heavy (non-hydrogen) atoms. The number of carbonyl (C=O) groups excluding carboxylic acids is 1. The molecule has 0 aliphatic carbocycles. The van der Waals surface area contributed by atoms with E-state index in [1.165, 1.54) is 24.6 Å². The van der Waals surface area contributed by atoms with Crippen molar-refractivity contribution in [3.8, 4) is 11.5 Å². The molecule has 9 heteroatoms. The Labute approximate surface area is 181 Å². The van der Waals surface area contributed by atoms with Crippen molar-refractivity contribution in [1.82, 2.24) is 4.31 Å². The van der Waals surface area contributed by atoms with Crippen molar-refractivity contribution in [2.75, 3.05) is 38.9 Å². The van der Waals surface area contributed by atoms with Crippen LogP contribution < -0.4 is 14.8 Å². The number of sulfonamides is 1. The van der Waals surface area contributed by atoms with E-state index < -0.39 is 15.9 Å². The summed E-state index contributed by atoms with van der Waals surface area (Å²) in [5.41, 5.74) is 0.710. The first-order chi connectivity index (χ1) is 14.4. The molecule has 0 bridgehead atoms. The number of benzene rings is 2. The number of thioether (sulfide) groups is 1. The van der Waals surface area contributed by atoms with Gasteiger partial charge >= 0.3 is 0 Å². The number of carbonyl (C=O) groups is 1. The molecule has 0 unspecified atom stereocenters. The van der Waals surface area contributed by atoms with Gasteiger partial charge in [0.2, 0.25) is 15.9 Å². The van der Waals surface area contributed by atoms with Gasteiger partial charge in [0.1, 0.15) is 16.4 Å². The second-order valence-electron chi connectivity index (χ2n) is 6.94. The molecule has 2 aromatic rings. The Balaban J connectivity index is 1.79. The molecule has 162 valence electrons. The molecule has 1 heterocycles. The smallest absolute Gasteiger partial charge is 0.246 e. The number of amides is 1. The second kappa shape index (κ2) is 9.72. The molecule has 7 nitrogen and oxygen atoms in total. The first-order valence-corrected chi connectivity index (χ1v) is 12.2. The summed E-state index contributed by atoms with van der Waals surface area (Å²) in [6.45, 7) is 0.477. The van der Waals surface area contributed by atoms with Gasteiger partial charge in [-0.1, -0.05) is 6.07 Å². The summed E-state index contributed by atoms with van der Waals surface area (Å²) in [5.74, 6) is 0.0689. The van der Waals surface area contributed by atoms with Gasteiger partial charge in [0, 0.05) is 29.7 Å². The van der Waals surface area contributed by atoms with Gasteiger partial charge in [0.15, 0.2) is 0 Å². The fraction of sp³-hybridized carbons (Fsp3) is 0.381. The zero-order valence-electron chi connectivity index (χ0n) is 17.3. The van der Waals surface area contributed by atoms with Crippen molar-refractivity contribution >= 4 is 33.4 Å². The van der Waals surface area contributed by atoms with E-state index in [0.29, 0.717) is 30.8 Å². The number of rotatable bonds is 7. The van der Waals surface area contributed by atoms with Crippen LogP contribution in [0.4, 0.5) is 5.69 Å². The van der Waals surface area contributed by atoms with Crippen LogP contribution in [-0.4, -0.2) is 52.2 Å². The number of hydrogen-bond acceptors (Lipinski definition) is 6. The number of methoxy groups -OCH3 is 2. The Bertz CT molecular complexity index is 1010. The molecule has 0 radical (unpaired) electrons. The van der Waals surface area contributed by atoms with Crippen molar-refractivity contribution in [3.63, 3.8) is 0 Å². The Morgan fingerprint density at radius 1 is 1.17 bits per heavy atom. The van der Waals surface area contributed by atoms with Crippen LogP contribution in [-0.2, 0) is 14.8 Å². The van der Waals surface area contributed by atoms with Crippen LogP contribution in [0, 0.1) is 5.92 Å². The molecule has 0 spiro atoms. The molecule has 0 aromatic heterocycles. The maximum absolute atomic E-state index is 13.3. The lowest BCUT2D eigenvalue weighted by Gasteiger charge is -2.31. The summed E-state index contributed by atoms with van der Waals surface area (Å²) in [5, 5.41) is 2.92. The Kier molecular flexibility index (Phi) is 7.27. The molecular formula is C21H26N2O5S2. The highest BCUT2D eigenvalue weighted by atomic mass is 32.2. The maximum atomic E-state index is 13.3. The topological polar surface area (TPSA) is 84.9 Å². The van der Waals surface area contributed by atoms with Gasteiger partial charge in [0.05, 0.1) is 20.1 Å². The van der Waals surface area contributed by atoms with Gasteiger partial charge in [-0.3, -0.25) is 4.79 Å². The van der Waals surface area contributed by atoms with Gasteiger partial charge in [-0.2, -0.15) is 4.31 Å². The Morgan fingerprint density at radius 2 is 1.97 bits per heavy atom. The van der Waals surface area contributed by atoms with E-state index >= 15 is 0 Å². The maximum Gasteiger partial charge on any atom is 0.246 e. The Morgan fingerprint density at radius 3 is 2.67 bits per heavy atom. The highest BCUT2D eigenvalue weighted by molar-refractivity contribution is 7.98. The summed E-state index contributed by atoms with van der Waals surface area (Å²) in [4.78, 5) is 13.9. The minimum atomic E-state index is -3.84. The quantitative estimate of drug-likeness (QED) is 0.651. The molecule has 1 fully saturated rings. The minimum Gasteiger partial charge on any atom is -0.497 e. The molecule has 1 aliphatic rings. The van der Waals surface area contributed by atoms with Gasteiger partial charge < -0.3 is 14.8 Å². The number of nitrogens with zero attached hydrogens (tertiary/aromatic N) is 1. The summed E-state index contributed by atoms with van der Waals surface area (Å²) in [6.07, 6.45) is 3.21. The first-order valence-electron chi connectivity index (χ1n) is 9.56. The average Bonchev–Trinajstić information content (AvgIpc) is 2.78. The zero-order chi connectivity index (χ0) is 21.7. The highest BCUT2D eigenvalue weighted by Crippen LogP contribution is 2.33. The van der Waals surface area contributed by atoms with E-state index in [9.17, 15) is 13.2 Å². The number of ether oxygens (including phenoxy) is 2. The lowest BCUT2D eigenvalue weighted by molar-refractivity contribution is -0.120. The van der Waals surface area contributed by atoms with E-state index in [0.717, 1.165) is 4.90 Å². The fourth-order valence-electron chi connectivity index (χ4n) is 3.44. The molecule has 2 aromatic carbocycles. The van der Waals surface area contributed by atoms with E-state index in [-0.39, 0.29) is 23.1 Å². The van der Waals surface area contributed by atoms with Gasteiger partial charge in [-0.25, -0.2) is 8.42 Å². The van der Waals surface area contributed by atoms with Gasteiger partial charge in [-0.15, -0.1) is 11.8 Å². The molecule has 1 aliphatic heterocycles. The number of piperidine rings is 1. The van der Waals surface area contributed by atoms with Crippen molar-refractivity contribution in [1.29, 1.82) is 0 Å². The third-order valence-electron chi connectivity index (χ3n) is 5.08.